The summed E-state index contributed by atoms with van der Waals surface area (Å²) in [7, 11) is 0. The zero-order valence-electron chi connectivity index (χ0n) is 14.9. The van der Waals surface area contributed by atoms with Crippen LogP contribution in [0.25, 0.3) is 0 Å². The number of aliphatic carboxylic acids is 1. The number of halogens is 1. The molecule has 1 heterocycles. The Morgan fingerprint density at radius 3 is 2.65 bits per heavy atom. The van der Waals surface area contributed by atoms with Crippen molar-refractivity contribution in [3.63, 3.8) is 0 Å². The van der Waals surface area contributed by atoms with E-state index in [-0.39, 0.29) is 17.2 Å². The first-order valence-electron chi connectivity index (χ1n) is 9.34. The maximum absolute atomic E-state index is 12.7. The predicted octanol–water partition coefficient (Wildman–Crippen LogP) is 3.40. The molecule has 0 aromatic heterocycles. The molecule has 1 aromatic rings. The summed E-state index contributed by atoms with van der Waals surface area (Å²) in [5, 5.41) is 13.0. The highest BCUT2D eigenvalue weighted by molar-refractivity contribution is 6.30. The van der Waals surface area contributed by atoms with E-state index < -0.39 is 11.9 Å². The van der Waals surface area contributed by atoms with Gasteiger partial charge in [0.05, 0.1) is 5.92 Å². The van der Waals surface area contributed by atoms with E-state index in [4.69, 9.17) is 16.3 Å². The molecule has 1 aliphatic carbocycles. The smallest absolute Gasteiger partial charge is 0.306 e. The van der Waals surface area contributed by atoms with Crippen LogP contribution in [0.2, 0.25) is 5.02 Å². The first-order valence-corrected chi connectivity index (χ1v) is 9.72. The number of amides is 1. The molecule has 3 rings (SSSR count). The largest absolute Gasteiger partial charge is 0.481 e. The SMILES string of the molecule is O=C(O)C1CCCC(C(=O)NCC2(c3cccc(Cl)c3)CCOCC2)C1. The quantitative estimate of drug-likeness (QED) is 0.822. The number of carbonyl (C=O) groups is 2. The zero-order chi connectivity index (χ0) is 18.6. The second-order valence-electron chi connectivity index (χ2n) is 7.52. The number of ether oxygens (including phenoxy) is 1. The molecule has 2 aliphatic rings. The van der Waals surface area contributed by atoms with Crippen molar-refractivity contribution in [2.75, 3.05) is 19.8 Å². The third-order valence-electron chi connectivity index (χ3n) is 5.88. The molecule has 26 heavy (non-hydrogen) atoms. The van der Waals surface area contributed by atoms with Crippen molar-refractivity contribution in [1.82, 2.24) is 5.32 Å². The number of hydrogen-bond acceptors (Lipinski definition) is 3. The minimum Gasteiger partial charge on any atom is -0.481 e. The van der Waals surface area contributed by atoms with Crippen LogP contribution in [0, 0.1) is 11.8 Å². The second-order valence-corrected chi connectivity index (χ2v) is 7.96. The summed E-state index contributed by atoms with van der Waals surface area (Å²) in [6.07, 6.45) is 4.33. The Balaban J connectivity index is 1.68. The van der Waals surface area contributed by atoms with Crippen LogP contribution in [0.5, 0.6) is 0 Å². The number of nitrogens with one attached hydrogen (secondary N) is 1. The zero-order valence-corrected chi connectivity index (χ0v) is 15.6. The van der Waals surface area contributed by atoms with E-state index in [1.807, 2.05) is 18.2 Å². The van der Waals surface area contributed by atoms with Crippen molar-refractivity contribution in [1.29, 1.82) is 0 Å². The van der Waals surface area contributed by atoms with Crippen LogP contribution in [0.4, 0.5) is 0 Å². The molecule has 1 amide bonds. The van der Waals surface area contributed by atoms with Gasteiger partial charge in [-0.1, -0.05) is 30.2 Å². The first kappa shape index (κ1) is 19.2. The van der Waals surface area contributed by atoms with Crippen LogP contribution in [-0.4, -0.2) is 36.7 Å². The lowest BCUT2D eigenvalue weighted by atomic mass is 9.74. The van der Waals surface area contributed by atoms with Gasteiger partial charge < -0.3 is 15.2 Å². The highest BCUT2D eigenvalue weighted by Gasteiger charge is 2.37. The Labute approximate surface area is 159 Å². The summed E-state index contributed by atoms with van der Waals surface area (Å²) < 4.78 is 5.53. The van der Waals surface area contributed by atoms with Crippen LogP contribution in [0.15, 0.2) is 24.3 Å². The van der Waals surface area contributed by atoms with Crippen molar-refractivity contribution >= 4 is 23.5 Å². The highest BCUT2D eigenvalue weighted by Crippen LogP contribution is 2.36. The molecular formula is C20H26ClNO4. The van der Waals surface area contributed by atoms with Gasteiger partial charge in [0.2, 0.25) is 5.91 Å². The topological polar surface area (TPSA) is 75.6 Å². The molecule has 2 unspecified atom stereocenters. The normalized spacial score (nSPS) is 25.4. The van der Waals surface area contributed by atoms with Crippen LogP contribution in [-0.2, 0) is 19.7 Å². The fourth-order valence-corrected chi connectivity index (χ4v) is 4.39. The van der Waals surface area contributed by atoms with E-state index in [1.54, 1.807) is 0 Å². The molecule has 5 nitrogen and oxygen atoms in total. The molecular weight excluding hydrogens is 354 g/mol. The predicted molar refractivity (Wildman–Crippen MR) is 99.3 cm³/mol. The van der Waals surface area contributed by atoms with Gasteiger partial charge in [0, 0.05) is 36.1 Å². The van der Waals surface area contributed by atoms with Gasteiger partial charge in [-0.3, -0.25) is 9.59 Å². The van der Waals surface area contributed by atoms with Crippen LogP contribution >= 0.6 is 11.6 Å². The number of benzene rings is 1. The highest BCUT2D eigenvalue weighted by atomic mass is 35.5. The Kier molecular flexibility index (Phi) is 6.20. The number of rotatable bonds is 5. The van der Waals surface area contributed by atoms with E-state index in [1.165, 1.54) is 0 Å². The van der Waals surface area contributed by atoms with Gasteiger partial charge in [-0.05, 0) is 49.8 Å². The minimum absolute atomic E-state index is 0.0242. The van der Waals surface area contributed by atoms with Gasteiger partial charge in [0.15, 0.2) is 0 Å². The van der Waals surface area contributed by atoms with E-state index >= 15 is 0 Å². The summed E-state index contributed by atoms with van der Waals surface area (Å²) >= 11 is 6.18. The standard InChI is InChI=1S/C20H26ClNO4/c21-17-6-2-5-16(12-17)20(7-9-26-10-8-20)13-22-18(23)14-3-1-4-15(11-14)19(24)25/h2,5-6,12,14-15H,1,3-4,7-11,13H2,(H,22,23)(H,24,25). The number of carboxylic acid groups (broad SMARTS) is 1. The molecule has 1 saturated heterocycles. The monoisotopic (exact) mass is 379 g/mol. The minimum atomic E-state index is -0.790. The molecule has 0 radical (unpaired) electrons. The summed E-state index contributed by atoms with van der Waals surface area (Å²) in [4.78, 5) is 23.9. The van der Waals surface area contributed by atoms with E-state index in [0.29, 0.717) is 37.6 Å². The van der Waals surface area contributed by atoms with Gasteiger partial charge in [0.1, 0.15) is 0 Å². The molecule has 6 heteroatoms. The van der Waals surface area contributed by atoms with E-state index in [9.17, 15) is 14.7 Å². The Morgan fingerprint density at radius 2 is 1.96 bits per heavy atom. The molecule has 142 valence electrons. The van der Waals surface area contributed by atoms with Gasteiger partial charge >= 0.3 is 5.97 Å². The van der Waals surface area contributed by atoms with Gasteiger partial charge in [0.25, 0.3) is 0 Å². The summed E-state index contributed by atoms with van der Waals surface area (Å²) in [5.74, 6) is -1.42. The lowest BCUT2D eigenvalue weighted by Gasteiger charge is -2.38. The summed E-state index contributed by atoms with van der Waals surface area (Å²) in [6, 6.07) is 7.82. The average molecular weight is 380 g/mol. The molecule has 1 aromatic carbocycles. The van der Waals surface area contributed by atoms with Crippen LogP contribution in [0.3, 0.4) is 0 Å². The molecule has 1 saturated carbocycles. The summed E-state index contributed by atoms with van der Waals surface area (Å²) in [6.45, 7) is 1.85. The molecule has 2 N–H and O–H groups in total. The number of carbonyl (C=O) groups excluding carboxylic acids is 1. The Hall–Kier alpha value is -1.59. The van der Waals surface area contributed by atoms with Crippen molar-refractivity contribution in [3.05, 3.63) is 34.9 Å². The number of carboxylic acids is 1. The van der Waals surface area contributed by atoms with Crippen molar-refractivity contribution in [3.8, 4) is 0 Å². The van der Waals surface area contributed by atoms with Crippen LogP contribution < -0.4 is 5.32 Å². The third kappa shape index (κ3) is 4.38. The van der Waals surface area contributed by atoms with Gasteiger partial charge in [-0.2, -0.15) is 0 Å². The molecule has 0 bridgehead atoms. The maximum Gasteiger partial charge on any atom is 0.306 e. The lowest BCUT2D eigenvalue weighted by Crippen LogP contribution is -2.46. The fourth-order valence-electron chi connectivity index (χ4n) is 4.20. The molecule has 2 atom stereocenters. The van der Waals surface area contributed by atoms with E-state index in [2.05, 4.69) is 11.4 Å². The Morgan fingerprint density at radius 1 is 1.23 bits per heavy atom. The maximum atomic E-state index is 12.7. The van der Waals surface area contributed by atoms with E-state index in [0.717, 1.165) is 31.2 Å². The lowest BCUT2D eigenvalue weighted by molar-refractivity contribution is -0.144. The van der Waals surface area contributed by atoms with Gasteiger partial charge in [-0.25, -0.2) is 0 Å². The van der Waals surface area contributed by atoms with Crippen molar-refractivity contribution in [2.24, 2.45) is 11.8 Å². The van der Waals surface area contributed by atoms with Gasteiger partial charge in [-0.15, -0.1) is 0 Å². The molecule has 0 spiro atoms. The fraction of sp³-hybridized carbons (Fsp3) is 0.600. The van der Waals surface area contributed by atoms with Crippen molar-refractivity contribution < 1.29 is 19.4 Å². The molecule has 2 fully saturated rings. The molecule has 1 aliphatic heterocycles. The Bertz CT molecular complexity index is 657. The number of hydrogen-bond donors (Lipinski definition) is 2. The third-order valence-corrected chi connectivity index (χ3v) is 6.12. The average Bonchev–Trinajstić information content (AvgIpc) is 2.67. The summed E-state index contributed by atoms with van der Waals surface area (Å²) in [5.41, 5.74) is 0.945. The van der Waals surface area contributed by atoms with Crippen LogP contribution in [0.1, 0.15) is 44.1 Å². The first-order chi connectivity index (χ1) is 12.5. The van der Waals surface area contributed by atoms with Crippen molar-refractivity contribution in [2.45, 2.75) is 43.9 Å². The second kappa shape index (κ2) is 8.40.